The van der Waals surface area contributed by atoms with Crippen molar-refractivity contribution in [3.8, 4) is 0 Å². The molecule has 0 rings (SSSR count). The SMILES string of the molecule is C=CCCOC(=O)CCCCC.CC. The van der Waals surface area contributed by atoms with Crippen LogP contribution in [-0.2, 0) is 9.53 Å². The van der Waals surface area contributed by atoms with Crippen LogP contribution >= 0.6 is 0 Å². The van der Waals surface area contributed by atoms with Gasteiger partial charge in [0, 0.05) is 6.42 Å². The number of unbranched alkanes of at least 4 members (excludes halogenated alkanes) is 2. The Morgan fingerprint density at radius 3 is 2.50 bits per heavy atom. The topological polar surface area (TPSA) is 26.3 Å². The minimum Gasteiger partial charge on any atom is -0.465 e. The Hall–Kier alpha value is -0.790. The quantitative estimate of drug-likeness (QED) is 0.356. The Bertz CT molecular complexity index is 130. The fraction of sp³-hybridized carbons (Fsp3) is 0.750. The Labute approximate surface area is 88.3 Å². The molecule has 0 amide bonds. The van der Waals surface area contributed by atoms with Crippen LogP contribution in [0, 0.1) is 0 Å². The number of rotatable bonds is 7. The maximum atomic E-state index is 10.9. The molecule has 0 heterocycles. The second-order valence-electron chi connectivity index (χ2n) is 2.75. The standard InChI is InChI=1S/C10H18O2.C2H6/c1-3-5-7-8-10(11)12-9-6-4-2;1-2/h4H,2-3,5-9H2,1H3;1-2H3. The van der Waals surface area contributed by atoms with Crippen molar-refractivity contribution >= 4 is 5.97 Å². The summed E-state index contributed by atoms with van der Waals surface area (Å²) in [6, 6.07) is 0. The van der Waals surface area contributed by atoms with Gasteiger partial charge in [0.2, 0.25) is 0 Å². The van der Waals surface area contributed by atoms with Crippen molar-refractivity contribution in [3.63, 3.8) is 0 Å². The summed E-state index contributed by atoms with van der Waals surface area (Å²) >= 11 is 0. The van der Waals surface area contributed by atoms with Crippen molar-refractivity contribution in [1.29, 1.82) is 0 Å². The van der Waals surface area contributed by atoms with E-state index in [0.29, 0.717) is 13.0 Å². The van der Waals surface area contributed by atoms with Crippen LogP contribution in [0.1, 0.15) is 52.9 Å². The molecule has 0 aromatic heterocycles. The first-order valence-corrected chi connectivity index (χ1v) is 5.57. The van der Waals surface area contributed by atoms with Gasteiger partial charge < -0.3 is 4.74 Å². The second-order valence-corrected chi connectivity index (χ2v) is 2.75. The Balaban J connectivity index is 0. The number of hydrogen-bond donors (Lipinski definition) is 0. The first-order chi connectivity index (χ1) is 6.81. The molecule has 0 atom stereocenters. The summed E-state index contributed by atoms with van der Waals surface area (Å²) in [7, 11) is 0. The molecule has 0 fully saturated rings. The number of esters is 1. The Kier molecular flexibility index (Phi) is 16.5. The zero-order chi connectivity index (χ0) is 11.2. The van der Waals surface area contributed by atoms with Crippen LogP contribution in [-0.4, -0.2) is 12.6 Å². The van der Waals surface area contributed by atoms with Gasteiger partial charge in [-0.2, -0.15) is 0 Å². The number of carbonyl (C=O) groups excluding carboxylic acids is 1. The third kappa shape index (κ3) is 13.8. The van der Waals surface area contributed by atoms with E-state index in [0.717, 1.165) is 25.7 Å². The third-order valence-electron chi connectivity index (χ3n) is 1.57. The smallest absolute Gasteiger partial charge is 0.305 e. The average molecular weight is 200 g/mol. The van der Waals surface area contributed by atoms with Gasteiger partial charge in [-0.25, -0.2) is 0 Å². The molecule has 0 bridgehead atoms. The monoisotopic (exact) mass is 200 g/mol. The second kappa shape index (κ2) is 14.7. The number of ether oxygens (including phenoxy) is 1. The first kappa shape index (κ1) is 15.7. The molecule has 14 heavy (non-hydrogen) atoms. The molecular formula is C12H24O2. The van der Waals surface area contributed by atoms with Gasteiger partial charge in [-0.1, -0.05) is 39.7 Å². The summed E-state index contributed by atoms with van der Waals surface area (Å²) in [6.45, 7) is 10.1. The van der Waals surface area contributed by atoms with E-state index in [1.54, 1.807) is 6.08 Å². The number of carbonyl (C=O) groups is 1. The molecule has 0 saturated heterocycles. The van der Waals surface area contributed by atoms with Crippen molar-refractivity contribution in [2.24, 2.45) is 0 Å². The first-order valence-electron chi connectivity index (χ1n) is 5.57. The third-order valence-corrected chi connectivity index (χ3v) is 1.57. The highest BCUT2D eigenvalue weighted by Crippen LogP contribution is 2.00. The molecular weight excluding hydrogens is 176 g/mol. The lowest BCUT2D eigenvalue weighted by atomic mass is 10.2. The molecule has 0 N–H and O–H groups in total. The molecule has 0 aliphatic carbocycles. The molecule has 0 aromatic rings. The summed E-state index contributed by atoms with van der Waals surface area (Å²) < 4.78 is 4.92. The summed E-state index contributed by atoms with van der Waals surface area (Å²) in [5.74, 6) is -0.0784. The van der Waals surface area contributed by atoms with E-state index in [9.17, 15) is 4.79 Å². The average Bonchev–Trinajstić information content (AvgIpc) is 2.22. The fourth-order valence-electron chi connectivity index (χ4n) is 0.848. The predicted molar refractivity (Wildman–Crippen MR) is 61.3 cm³/mol. The van der Waals surface area contributed by atoms with E-state index in [1.165, 1.54) is 0 Å². The highest BCUT2D eigenvalue weighted by Gasteiger charge is 1.99. The molecule has 0 saturated carbocycles. The van der Waals surface area contributed by atoms with Crippen molar-refractivity contribution in [3.05, 3.63) is 12.7 Å². The molecule has 0 spiro atoms. The van der Waals surface area contributed by atoms with Crippen molar-refractivity contribution in [2.75, 3.05) is 6.61 Å². The minimum absolute atomic E-state index is 0.0784. The molecule has 0 aromatic carbocycles. The highest BCUT2D eigenvalue weighted by atomic mass is 16.5. The summed E-state index contributed by atoms with van der Waals surface area (Å²) in [4.78, 5) is 10.9. The largest absolute Gasteiger partial charge is 0.465 e. The summed E-state index contributed by atoms with van der Waals surface area (Å²) in [5, 5.41) is 0. The van der Waals surface area contributed by atoms with E-state index in [2.05, 4.69) is 13.5 Å². The van der Waals surface area contributed by atoms with E-state index in [1.807, 2.05) is 13.8 Å². The van der Waals surface area contributed by atoms with Gasteiger partial charge >= 0.3 is 5.97 Å². The Morgan fingerprint density at radius 1 is 1.36 bits per heavy atom. The van der Waals surface area contributed by atoms with Crippen LogP contribution in [0.2, 0.25) is 0 Å². The van der Waals surface area contributed by atoms with E-state index in [-0.39, 0.29) is 5.97 Å². The van der Waals surface area contributed by atoms with Crippen LogP contribution in [0.4, 0.5) is 0 Å². The zero-order valence-corrected chi connectivity index (χ0v) is 9.84. The molecule has 0 aliphatic heterocycles. The molecule has 84 valence electrons. The maximum absolute atomic E-state index is 10.9. The number of hydrogen-bond acceptors (Lipinski definition) is 2. The van der Waals surface area contributed by atoms with Crippen LogP contribution < -0.4 is 0 Å². The minimum atomic E-state index is -0.0784. The molecule has 0 radical (unpaired) electrons. The molecule has 0 aliphatic rings. The van der Waals surface area contributed by atoms with E-state index < -0.39 is 0 Å². The highest BCUT2D eigenvalue weighted by molar-refractivity contribution is 5.69. The molecule has 0 unspecified atom stereocenters. The molecule has 2 heteroatoms. The lowest BCUT2D eigenvalue weighted by molar-refractivity contribution is -0.143. The predicted octanol–water partition coefficient (Wildman–Crippen LogP) is 3.71. The van der Waals surface area contributed by atoms with Gasteiger partial charge in [0.1, 0.15) is 0 Å². The van der Waals surface area contributed by atoms with Gasteiger partial charge in [-0.15, -0.1) is 6.58 Å². The fourth-order valence-corrected chi connectivity index (χ4v) is 0.848. The van der Waals surface area contributed by atoms with Gasteiger partial charge in [-0.05, 0) is 12.8 Å². The van der Waals surface area contributed by atoms with E-state index in [4.69, 9.17) is 4.74 Å². The van der Waals surface area contributed by atoms with Crippen LogP contribution in [0.15, 0.2) is 12.7 Å². The lowest BCUT2D eigenvalue weighted by Gasteiger charge is -2.01. The molecule has 2 nitrogen and oxygen atoms in total. The van der Waals surface area contributed by atoms with Gasteiger partial charge in [0.05, 0.1) is 6.61 Å². The summed E-state index contributed by atoms with van der Waals surface area (Å²) in [5.41, 5.74) is 0. The van der Waals surface area contributed by atoms with Crippen LogP contribution in [0.25, 0.3) is 0 Å². The normalized spacial score (nSPS) is 8.50. The van der Waals surface area contributed by atoms with Crippen LogP contribution in [0.3, 0.4) is 0 Å². The van der Waals surface area contributed by atoms with Crippen molar-refractivity contribution in [1.82, 2.24) is 0 Å². The lowest BCUT2D eigenvalue weighted by Crippen LogP contribution is -2.04. The van der Waals surface area contributed by atoms with Crippen LogP contribution in [0.5, 0.6) is 0 Å². The van der Waals surface area contributed by atoms with Crippen molar-refractivity contribution < 1.29 is 9.53 Å². The Morgan fingerprint density at radius 2 is 2.00 bits per heavy atom. The van der Waals surface area contributed by atoms with Crippen molar-refractivity contribution in [2.45, 2.75) is 52.9 Å². The zero-order valence-electron chi connectivity index (χ0n) is 9.84. The maximum Gasteiger partial charge on any atom is 0.305 e. The van der Waals surface area contributed by atoms with Gasteiger partial charge in [0.15, 0.2) is 0 Å². The van der Waals surface area contributed by atoms with E-state index >= 15 is 0 Å². The summed E-state index contributed by atoms with van der Waals surface area (Å²) in [6.07, 6.45) is 6.25. The van der Waals surface area contributed by atoms with Gasteiger partial charge in [0.25, 0.3) is 0 Å². The van der Waals surface area contributed by atoms with Gasteiger partial charge in [-0.3, -0.25) is 4.79 Å².